The Labute approximate surface area is 176 Å². The van der Waals surface area contributed by atoms with E-state index in [0.717, 1.165) is 11.4 Å². The van der Waals surface area contributed by atoms with Gasteiger partial charge in [-0.15, -0.1) is 0 Å². The molecule has 0 aliphatic heterocycles. The summed E-state index contributed by atoms with van der Waals surface area (Å²) in [5.74, 6) is -13.1. The van der Waals surface area contributed by atoms with Crippen LogP contribution in [-0.4, -0.2) is 31.5 Å². The molecule has 166 valence electrons. The predicted octanol–water partition coefficient (Wildman–Crippen LogP) is 4.19. The highest BCUT2D eigenvalue weighted by atomic mass is 19.2. The lowest BCUT2D eigenvalue weighted by molar-refractivity contribution is 0.263. The molecule has 0 saturated carbocycles. The van der Waals surface area contributed by atoms with E-state index >= 15 is 0 Å². The molecule has 5 nitrogen and oxygen atoms in total. The molecule has 0 radical (unpaired) electrons. The van der Waals surface area contributed by atoms with Crippen LogP contribution in [0, 0.1) is 29.1 Å². The van der Waals surface area contributed by atoms with E-state index in [9.17, 15) is 22.0 Å². The minimum Gasteiger partial charge on any atom is -0.507 e. The Bertz CT molecular complexity index is 867. The van der Waals surface area contributed by atoms with Crippen LogP contribution < -0.4 is 15.3 Å². The molecule has 0 bridgehead atoms. The summed E-state index contributed by atoms with van der Waals surface area (Å²) in [6, 6.07) is 20.1. The third-order valence-corrected chi connectivity index (χ3v) is 3.52. The second-order valence-corrected chi connectivity index (χ2v) is 5.58. The Morgan fingerprint density at radius 3 is 1.19 bits per heavy atom. The van der Waals surface area contributed by atoms with Crippen molar-refractivity contribution in [2.45, 2.75) is 0 Å². The van der Waals surface area contributed by atoms with Crippen LogP contribution in [0.5, 0.6) is 5.75 Å². The average Bonchev–Trinajstić information content (AvgIpc) is 2.81. The van der Waals surface area contributed by atoms with Crippen molar-refractivity contribution in [3.8, 4) is 5.75 Å². The lowest BCUT2D eigenvalue weighted by Crippen LogP contribution is -2.23. The van der Waals surface area contributed by atoms with Crippen LogP contribution in [0.2, 0.25) is 0 Å². The zero-order valence-corrected chi connectivity index (χ0v) is 16.5. The molecule has 0 saturated heterocycles. The van der Waals surface area contributed by atoms with Crippen LogP contribution in [-0.2, 0) is 0 Å². The molecule has 31 heavy (non-hydrogen) atoms. The first-order chi connectivity index (χ1) is 14.7. The number of para-hydroxylation sites is 2. The summed E-state index contributed by atoms with van der Waals surface area (Å²) >= 11 is 0. The van der Waals surface area contributed by atoms with Crippen molar-refractivity contribution >= 4 is 18.7 Å². The highest BCUT2D eigenvalue weighted by Crippen LogP contribution is 2.29. The molecule has 0 aliphatic carbocycles. The van der Waals surface area contributed by atoms with E-state index in [1.807, 2.05) is 74.8 Å². The molecule has 0 aliphatic rings. The van der Waals surface area contributed by atoms with Crippen LogP contribution >= 0.6 is 0 Å². The summed E-state index contributed by atoms with van der Waals surface area (Å²) in [7, 11) is 1.13. The second kappa shape index (κ2) is 13.1. The van der Waals surface area contributed by atoms with Gasteiger partial charge in [0.25, 0.3) is 0 Å². The van der Waals surface area contributed by atoms with Crippen LogP contribution in [0.4, 0.5) is 33.3 Å². The SMILES string of the molecule is CNc1ccccc1.CNc1ccccc1.OB(O)Oc1c(F)c(F)c(F)c(F)c1F. The number of hydrogen-bond donors (Lipinski definition) is 4. The van der Waals surface area contributed by atoms with Crippen LogP contribution in [0.15, 0.2) is 60.7 Å². The fourth-order valence-corrected chi connectivity index (χ4v) is 2.00. The quantitative estimate of drug-likeness (QED) is 0.211. The standard InChI is InChI=1S/2C7H9N.C6H2BF5O3/c2*1-8-7-5-3-2-4-6-7;8-1-2(9)4(11)6(15-7(13)14)5(12)3(1)10/h2*2-6,8H,1H3;13-14H. The van der Waals surface area contributed by atoms with E-state index in [0.29, 0.717) is 0 Å². The average molecular weight is 442 g/mol. The highest BCUT2D eigenvalue weighted by Gasteiger charge is 2.29. The number of halogens is 5. The molecule has 11 heteroatoms. The van der Waals surface area contributed by atoms with Gasteiger partial charge in [0.1, 0.15) is 0 Å². The summed E-state index contributed by atoms with van der Waals surface area (Å²) in [4.78, 5) is 0. The first-order valence-electron chi connectivity index (χ1n) is 8.72. The Hall–Kier alpha value is -3.31. The van der Waals surface area contributed by atoms with Crippen molar-refractivity contribution in [3.05, 3.63) is 89.7 Å². The summed E-state index contributed by atoms with van der Waals surface area (Å²) in [5, 5.41) is 22.4. The van der Waals surface area contributed by atoms with Gasteiger partial charge in [-0.05, 0) is 24.3 Å². The molecule has 3 aromatic rings. The maximum Gasteiger partial charge on any atom is 0.707 e. The van der Waals surface area contributed by atoms with E-state index in [4.69, 9.17) is 10.0 Å². The summed E-state index contributed by atoms with van der Waals surface area (Å²) in [6.45, 7) is 0. The third-order valence-electron chi connectivity index (χ3n) is 3.52. The van der Waals surface area contributed by atoms with Gasteiger partial charge in [-0.3, -0.25) is 0 Å². The van der Waals surface area contributed by atoms with Gasteiger partial charge >= 0.3 is 7.32 Å². The predicted molar refractivity (Wildman–Crippen MR) is 109 cm³/mol. The van der Waals surface area contributed by atoms with Crippen LogP contribution in [0.3, 0.4) is 0 Å². The summed E-state index contributed by atoms with van der Waals surface area (Å²) in [6.07, 6.45) is 0. The smallest absolute Gasteiger partial charge is 0.507 e. The number of benzene rings is 3. The van der Waals surface area contributed by atoms with E-state index in [1.165, 1.54) is 0 Å². The fraction of sp³-hybridized carbons (Fsp3) is 0.100. The Kier molecular flexibility index (Phi) is 10.9. The molecule has 0 spiro atoms. The normalized spacial score (nSPS) is 9.45. The van der Waals surface area contributed by atoms with Crippen molar-refractivity contribution in [2.75, 3.05) is 24.7 Å². The first kappa shape index (κ1) is 25.7. The van der Waals surface area contributed by atoms with Gasteiger partial charge in [-0.1, -0.05) is 36.4 Å². The molecule has 3 aromatic carbocycles. The number of nitrogens with one attached hydrogen (secondary N) is 2. The van der Waals surface area contributed by atoms with Crippen LogP contribution in [0.1, 0.15) is 0 Å². The third kappa shape index (κ3) is 8.15. The van der Waals surface area contributed by atoms with E-state index in [1.54, 1.807) is 0 Å². The number of rotatable bonds is 4. The van der Waals surface area contributed by atoms with Gasteiger partial charge in [0.05, 0.1) is 0 Å². The topological polar surface area (TPSA) is 73.8 Å². The molecule has 0 unspecified atom stereocenters. The molecule has 0 atom stereocenters. The Morgan fingerprint density at radius 2 is 0.935 bits per heavy atom. The van der Waals surface area contributed by atoms with Gasteiger partial charge in [0.15, 0.2) is 5.75 Å². The monoisotopic (exact) mass is 442 g/mol. The van der Waals surface area contributed by atoms with Gasteiger partial charge < -0.3 is 25.3 Å². The molecule has 0 amide bonds. The van der Waals surface area contributed by atoms with Gasteiger partial charge in [-0.25, -0.2) is 13.2 Å². The van der Waals surface area contributed by atoms with Gasteiger partial charge in [-0.2, -0.15) is 8.78 Å². The molecule has 0 aromatic heterocycles. The molecular weight excluding hydrogens is 422 g/mol. The zero-order chi connectivity index (χ0) is 23.4. The van der Waals surface area contributed by atoms with E-state index in [-0.39, 0.29) is 0 Å². The largest absolute Gasteiger partial charge is 0.707 e. The summed E-state index contributed by atoms with van der Waals surface area (Å²) < 4.78 is 66.3. The van der Waals surface area contributed by atoms with Gasteiger partial charge in [0, 0.05) is 25.5 Å². The van der Waals surface area contributed by atoms with Crippen molar-refractivity contribution in [3.63, 3.8) is 0 Å². The van der Waals surface area contributed by atoms with E-state index < -0.39 is 42.2 Å². The van der Waals surface area contributed by atoms with Crippen molar-refractivity contribution in [1.29, 1.82) is 0 Å². The van der Waals surface area contributed by atoms with Crippen molar-refractivity contribution in [2.24, 2.45) is 0 Å². The lowest BCUT2D eigenvalue weighted by atomic mass is 10.2. The van der Waals surface area contributed by atoms with Crippen molar-refractivity contribution in [1.82, 2.24) is 0 Å². The first-order valence-corrected chi connectivity index (χ1v) is 8.72. The molecule has 4 N–H and O–H groups in total. The molecule has 3 rings (SSSR count). The van der Waals surface area contributed by atoms with E-state index in [2.05, 4.69) is 15.3 Å². The number of anilines is 2. The summed E-state index contributed by atoms with van der Waals surface area (Å²) in [5.41, 5.74) is 2.32. The fourth-order valence-electron chi connectivity index (χ4n) is 2.00. The highest BCUT2D eigenvalue weighted by molar-refractivity contribution is 6.33. The minimum atomic E-state index is -2.70. The molecule has 0 fully saturated rings. The number of hydrogen-bond acceptors (Lipinski definition) is 5. The second-order valence-electron chi connectivity index (χ2n) is 5.58. The van der Waals surface area contributed by atoms with Gasteiger partial charge in [0.2, 0.25) is 29.1 Å². The van der Waals surface area contributed by atoms with Crippen LogP contribution in [0.25, 0.3) is 0 Å². The minimum absolute atomic E-state index is 1.16. The maximum absolute atomic E-state index is 12.7. The Balaban J connectivity index is 0.000000253. The molecule has 0 heterocycles. The lowest BCUT2D eigenvalue weighted by Gasteiger charge is -2.08. The maximum atomic E-state index is 12.7. The Morgan fingerprint density at radius 1 is 0.613 bits per heavy atom. The zero-order valence-electron chi connectivity index (χ0n) is 16.5. The molecular formula is C20H20BF5N2O3. The van der Waals surface area contributed by atoms with Crippen molar-refractivity contribution < 1.29 is 36.7 Å².